The first kappa shape index (κ1) is 19.0. The van der Waals surface area contributed by atoms with Gasteiger partial charge in [-0.1, -0.05) is 29.3 Å². The van der Waals surface area contributed by atoms with Crippen molar-refractivity contribution in [3.05, 3.63) is 87.8 Å². The summed E-state index contributed by atoms with van der Waals surface area (Å²) in [5.74, 6) is -0.298. The van der Waals surface area contributed by atoms with Gasteiger partial charge in [-0.25, -0.2) is 0 Å². The van der Waals surface area contributed by atoms with Crippen LogP contribution in [0.2, 0.25) is 10.0 Å². The summed E-state index contributed by atoms with van der Waals surface area (Å²) in [6.07, 6.45) is 1.43. The van der Waals surface area contributed by atoms with E-state index < -0.39 is 0 Å². The van der Waals surface area contributed by atoms with Gasteiger partial charge in [-0.05, 0) is 54.1 Å². The van der Waals surface area contributed by atoms with Crippen LogP contribution in [0.15, 0.2) is 65.3 Å². The lowest BCUT2D eigenvalue weighted by molar-refractivity contribution is 0.0785. The van der Waals surface area contributed by atoms with Crippen LogP contribution in [-0.4, -0.2) is 23.8 Å². The predicted molar refractivity (Wildman–Crippen MR) is 105 cm³/mol. The van der Waals surface area contributed by atoms with Crippen molar-refractivity contribution in [3.63, 3.8) is 0 Å². The third-order valence-electron chi connectivity index (χ3n) is 3.90. The molecule has 0 aliphatic carbocycles. The molecule has 5 nitrogen and oxygen atoms in total. The van der Waals surface area contributed by atoms with Crippen LogP contribution in [0, 0.1) is 0 Å². The molecule has 0 saturated carbocycles. The molecule has 0 unspecified atom stereocenters. The fourth-order valence-corrected chi connectivity index (χ4v) is 2.96. The van der Waals surface area contributed by atoms with Crippen molar-refractivity contribution >= 4 is 40.7 Å². The number of carbonyl (C=O) groups is 2. The molecule has 2 amide bonds. The van der Waals surface area contributed by atoms with Crippen molar-refractivity contribution in [2.45, 2.75) is 6.54 Å². The lowest BCUT2D eigenvalue weighted by Crippen LogP contribution is -2.26. The van der Waals surface area contributed by atoms with Gasteiger partial charge < -0.3 is 14.6 Å². The molecule has 0 fully saturated rings. The van der Waals surface area contributed by atoms with Gasteiger partial charge in [0.15, 0.2) is 5.76 Å². The fourth-order valence-electron chi connectivity index (χ4n) is 2.49. The van der Waals surface area contributed by atoms with Gasteiger partial charge >= 0.3 is 0 Å². The van der Waals surface area contributed by atoms with E-state index in [2.05, 4.69) is 5.32 Å². The number of carbonyl (C=O) groups excluding carboxylic acids is 2. The highest BCUT2D eigenvalue weighted by molar-refractivity contribution is 6.35. The molecule has 1 N–H and O–H groups in total. The lowest BCUT2D eigenvalue weighted by atomic mass is 10.1. The molecule has 27 heavy (non-hydrogen) atoms. The zero-order chi connectivity index (χ0) is 19.4. The van der Waals surface area contributed by atoms with Crippen molar-refractivity contribution in [3.8, 4) is 0 Å². The average molecular weight is 403 g/mol. The highest BCUT2D eigenvalue weighted by Crippen LogP contribution is 2.22. The van der Waals surface area contributed by atoms with E-state index >= 15 is 0 Å². The summed E-state index contributed by atoms with van der Waals surface area (Å²) in [6, 6.07) is 15.0. The smallest absolute Gasteiger partial charge is 0.291 e. The molecular weight excluding hydrogens is 387 g/mol. The maximum atomic E-state index is 12.6. The maximum Gasteiger partial charge on any atom is 0.291 e. The minimum atomic E-state index is -0.353. The minimum Gasteiger partial charge on any atom is -0.459 e. The standard InChI is InChI=1S/C20H16Cl2N2O3/c1-24(12-14-4-7-15(21)11-17(14)22)20(26)13-5-8-16(9-6-13)23-19(25)18-3-2-10-27-18/h2-11H,12H2,1H3,(H,23,25). The van der Waals surface area contributed by atoms with Crippen LogP contribution in [0.3, 0.4) is 0 Å². The Balaban J connectivity index is 1.65. The predicted octanol–water partition coefficient (Wildman–Crippen LogP) is 5.11. The van der Waals surface area contributed by atoms with Gasteiger partial charge in [0.2, 0.25) is 0 Å². The molecular formula is C20H16Cl2N2O3. The summed E-state index contributed by atoms with van der Waals surface area (Å²) in [5, 5.41) is 3.76. The Kier molecular flexibility index (Phi) is 5.84. The minimum absolute atomic E-state index is 0.162. The molecule has 0 aliphatic heterocycles. The molecule has 0 radical (unpaired) electrons. The third-order valence-corrected chi connectivity index (χ3v) is 4.49. The van der Waals surface area contributed by atoms with Crippen molar-refractivity contribution < 1.29 is 14.0 Å². The number of rotatable bonds is 5. The SMILES string of the molecule is CN(Cc1ccc(Cl)cc1Cl)C(=O)c1ccc(NC(=O)c2ccco2)cc1. The largest absolute Gasteiger partial charge is 0.459 e. The Labute approximate surface area is 166 Å². The lowest BCUT2D eigenvalue weighted by Gasteiger charge is -2.18. The topological polar surface area (TPSA) is 62.6 Å². The van der Waals surface area contributed by atoms with Crippen LogP contribution < -0.4 is 5.32 Å². The van der Waals surface area contributed by atoms with Gasteiger partial charge in [0.05, 0.1) is 6.26 Å². The highest BCUT2D eigenvalue weighted by Gasteiger charge is 2.14. The molecule has 0 aliphatic rings. The molecule has 3 rings (SSSR count). The van der Waals surface area contributed by atoms with Gasteiger partial charge in [0.1, 0.15) is 0 Å². The van der Waals surface area contributed by atoms with Gasteiger partial charge in [-0.15, -0.1) is 0 Å². The number of amides is 2. The quantitative estimate of drug-likeness (QED) is 0.644. The van der Waals surface area contributed by atoms with Crippen LogP contribution in [0.5, 0.6) is 0 Å². The van der Waals surface area contributed by atoms with E-state index in [9.17, 15) is 9.59 Å². The van der Waals surface area contributed by atoms with E-state index in [1.165, 1.54) is 6.26 Å². The first-order chi connectivity index (χ1) is 12.9. The summed E-state index contributed by atoms with van der Waals surface area (Å²) in [4.78, 5) is 26.1. The number of furan rings is 1. The molecule has 0 atom stereocenters. The summed E-state index contributed by atoms with van der Waals surface area (Å²) >= 11 is 12.1. The Morgan fingerprint density at radius 2 is 1.81 bits per heavy atom. The van der Waals surface area contributed by atoms with Crippen LogP contribution in [0.25, 0.3) is 0 Å². The number of hydrogen-bond donors (Lipinski definition) is 1. The Hall–Kier alpha value is -2.76. The van der Waals surface area contributed by atoms with Crippen molar-refractivity contribution in [2.24, 2.45) is 0 Å². The number of halogens is 2. The number of anilines is 1. The third kappa shape index (κ3) is 4.70. The zero-order valence-electron chi connectivity index (χ0n) is 14.4. The summed E-state index contributed by atoms with van der Waals surface area (Å²) in [5.41, 5.74) is 1.87. The molecule has 2 aromatic carbocycles. The average Bonchev–Trinajstić information content (AvgIpc) is 3.19. The molecule has 0 bridgehead atoms. The highest BCUT2D eigenvalue weighted by atomic mass is 35.5. The van der Waals surface area contributed by atoms with E-state index in [-0.39, 0.29) is 17.6 Å². The number of nitrogens with zero attached hydrogens (tertiary/aromatic N) is 1. The van der Waals surface area contributed by atoms with Crippen molar-refractivity contribution in [1.82, 2.24) is 4.90 Å². The van der Waals surface area contributed by atoms with Crippen LogP contribution in [-0.2, 0) is 6.54 Å². The van der Waals surface area contributed by atoms with Crippen LogP contribution >= 0.6 is 23.2 Å². The number of nitrogens with one attached hydrogen (secondary N) is 1. The molecule has 1 aromatic heterocycles. The van der Waals surface area contributed by atoms with Gasteiger partial charge in [0.25, 0.3) is 11.8 Å². The normalized spacial score (nSPS) is 10.5. The van der Waals surface area contributed by atoms with Crippen molar-refractivity contribution in [1.29, 1.82) is 0 Å². The first-order valence-electron chi connectivity index (χ1n) is 8.08. The van der Waals surface area contributed by atoms with Gasteiger partial charge in [-0.2, -0.15) is 0 Å². The second-order valence-corrected chi connectivity index (χ2v) is 6.75. The number of benzene rings is 2. The molecule has 0 spiro atoms. The van der Waals surface area contributed by atoms with E-state index in [0.29, 0.717) is 27.8 Å². The Morgan fingerprint density at radius 1 is 1.07 bits per heavy atom. The number of hydrogen-bond acceptors (Lipinski definition) is 3. The molecule has 0 saturated heterocycles. The molecule has 7 heteroatoms. The first-order valence-corrected chi connectivity index (χ1v) is 8.84. The second kappa shape index (κ2) is 8.29. The van der Waals surface area contributed by atoms with E-state index in [0.717, 1.165) is 5.56 Å². The monoisotopic (exact) mass is 402 g/mol. The second-order valence-electron chi connectivity index (χ2n) is 5.91. The maximum absolute atomic E-state index is 12.6. The molecule has 138 valence electrons. The Bertz CT molecular complexity index is 954. The van der Waals surface area contributed by atoms with Crippen LogP contribution in [0.1, 0.15) is 26.5 Å². The molecule has 1 heterocycles. The zero-order valence-corrected chi connectivity index (χ0v) is 15.9. The molecule has 3 aromatic rings. The van der Waals surface area contributed by atoms with E-state index in [1.54, 1.807) is 66.5 Å². The van der Waals surface area contributed by atoms with E-state index in [4.69, 9.17) is 27.6 Å². The van der Waals surface area contributed by atoms with Crippen molar-refractivity contribution in [2.75, 3.05) is 12.4 Å². The van der Waals surface area contributed by atoms with E-state index in [1.807, 2.05) is 0 Å². The van der Waals surface area contributed by atoms with Gasteiger partial charge in [-0.3, -0.25) is 9.59 Å². The summed E-state index contributed by atoms with van der Waals surface area (Å²) < 4.78 is 5.04. The fraction of sp³-hybridized carbons (Fsp3) is 0.100. The summed E-state index contributed by atoms with van der Waals surface area (Å²) in [6.45, 7) is 0.353. The van der Waals surface area contributed by atoms with Gasteiger partial charge in [0, 0.05) is 34.9 Å². The summed E-state index contributed by atoms with van der Waals surface area (Å²) in [7, 11) is 1.69. The Morgan fingerprint density at radius 3 is 2.44 bits per heavy atom. The van der Waals surface area contributed by atoms with Crippen LogP contribution in [0.4, 0.5) is 5.69 Å².